The van der Waals surface area contributed by atoms with Crippen LogP contribution in [0.4, 0.5) is 5.69 Å². The Bertz CT molecular complexity index is 630. The quantitative estimate of drug-likeness (QED) is 0.921. The zero-order valence-electron chi connectivity index (χ0n) is 11.0. The van der Waals surface area contributed by atoms with Crippen molar-refractivity contribution >= 4 is 17.3 Å². The third-order valence-corrected chi connectivity index (χ3v) is 3.98. The van der Waals surface area contributed by atoms with Crippen molar-refractivity contribution in [1.29, 1.82) is 5.26 Å². The number of H-pyrrole nitrogens is 1. The van der Waals surface area contributed by atoms with E-state index in [0.29, 0.717) is 16.5 Å². The molecule has 1 aliphatic heterocycles. The summed E-state index contributed by atoms with van der Waals surface area (Å²) < 4.78 is 0. The van der Waals surface area contributed by atoms with Gasteiger partial charge in [0.25, 0.3) is 0 Å². The molecule has 1 saturated heterocycles. The number of nitrogens with zero attached hydrogens (tertiary/aromatic N) is 3. The third kappa shape index (κ3) is 2.50. The molecule has 1 aromatic carbocycles. The van der Waals surface area contributed by atoms with Crippen LogP contribution >= 0.6 is 11.6 Å². The van der Waals surface area contributed by atoms with Gasteiger partial charge in [-0.05, 0) is 31.0 Å². The predicted molar refractivity (Wildman–Crippen MR) is 78.9 cm³/mol. The number of piperidine rings is 1. The number of aromatic amines is 1. The van der Waals surface area contributed by atoms with Gasteiger partial charge in [-0.2, -0.15) is 5.26 Å². The molecule has 1 fully saturated rings. The first-order valence-electron chi connectivity index (χ1n) is 6.72. The van der Waals surface area contributed by atoms with Gasteiger partial charge in [0, 0.05) is 36.4 Å². The highest BCUT2D eigenvalue weighted by Crippen LogP contribution is 2.31. The number of imidazole rings is 1. The van der Waals surface area contributed by atoms with Gasteiger partial charge in [0.1, 0.15) is 11.9 Å². The number of hydrogen-bond donors (Lipinski definition) is 1. The number of hydrogen-bond acceptors (Lipinski definition) is 3. The summed E-state index contributed by atoms with van der Waals surface area (Å²) in [5, 5.41) is 9.92. The second kappa shape index (κ2) is 5.56. The Morgan fingerprint density at radius 1 is 1.45 bits per heavy atom. The maximum Gasteiger partial charge on any atom is 0.110 e. The van der Waals surface area contributed by atoms with Crippen LogP contribution in [0.2, 0.25) is 5.02 Å². The normalized spacial score (nSPS) is 18.8. The van der Waals surface area contributed by atoms with Crippen LogP contribution in [0.1, 0.15) is 30.1 Å². The number of halogens is 1. The standard InChI is InChI=1S/C15H15ClN4/c16-13-4-3-11(9-17)14(8-13)20-7-1-2-12(10-20)15-18-5-6-19-15/h3-6,8,12H,1-2,7,10H2,(H,18,19). The molecule has 5 heteroatoms. The van der Waals surface area contributed by atoms with Crippen LogP contribution in [0.15, 0.2) is 30.6 Å². The van der Waals surface area contributed by atoms with Gasteiger partial charge in [-0.1, -0.05) is 11.6 Å². The number of benzene rings is 1. The van der Waals surface area contributed by atoms with E-state index in [0.717, 1.165) is 37.4 Å². The van der Waals surface area contributed by atoms with Crippen molar-refractivity contribution in [1.82, 2.24) is 9.97 Å². The van der Waals surface area contributed by atoms with E-state index in [1.165, 1.54) is 0 Å². The molecule has 4 nitrogen and oxygen atoms in total. The molecule has 0 aliphatic carbocycles. The second-order valence-electron chi connectivity index (χ2n) is 5.03. The summed E-state index contributed by atoms with van der Waals surface area (Å²) in [5.74, 6) is 1.40. The number of rotatable bonds is 2. The van der Waals surface area contributed by atoms with Gasteiger partial charge < -0.3 is 9.88 Å². The van der Waals surface area contributed by atoms with Crippen LogP contribution in [0.25, 0.3) is 0 Å². The maximum atomic E-state index is 9.25. The molecule has 102 valence electrons. The van der Waals surface area contributed by atoms with Crippen molar-refractivity contribution in [3.05, 3.63) is 47.0 Å². The van der Waals surface area contributed by atoms with Gasteiger partial charge in [-0.15, -0.1) is 0 Å². The summed E-state index contributed by atoms with van der Waals surface area (Å²) >= 11 is 6.07. The van der Waals surface area contributed by atoms with Crippen molar-refractivity contribution < 1.29 is 0 Å². The fraction of sp³-hybridized carbons (Fsp3) is 0.333. The first-order valence-corrected chi connectivity index (χ1v) is 7.09. The summed E-state index contributed by atoms with van der Waals surface area (Å²) in [5.41, 5.74) is 1.60. The molecule has 2 heterocycles. The summed E-state index contributed by atoms with van der Waals surface area (Å²) in [4.78, 5) is 9.78. The first-order chi connectivity index (χ1) is 9.78. The van der Waals surface area contributed by atoms with Gasteiger partial charge in [-0.3, -0.25) is 0 Å². The van der Waals surface area contributed by atoms with Gasteiger partial charge >= 0.3 is 0 Å². The summed E-state index contributed by atoms with van der Waals surface area (Å²) in [7, 11) is 0. The zero-order chi connectivity index (χ0) is 13.9. The lowest BCUT2D eigenvalue weighted by molar-refractivity contribution is 0.494. The van der Waals surface area contributed by atoms with E-state index in [1.54, 1.807) is 18.3 Å². The van der Waals surface area contributed by atoms with E-state index in [-0.39, 0.29) is 0 Å². The Morgan fingerprint density at radius 3 is 3.10 bits per heavy atom. The Kier molecular flexibility index (Phi) is 3.62. The van der Waals surface area contributed by atoms with Gasteiger partial charge in [0.05, 0.1) is 11.3 Å². The molecule has 1 aromatic heterocycles. The van der Waals surface area contributed by atoms with Crippen molar-refractivity contribution in [3.8, 4) is 6.07 Å². The van der Waals surface area contributed by atoms with E-state index in [1.807, 2.05) is 12.3 Å². The minimum absolute atomic E-state index is 0.379. The minimum atomic E-state index is 0.379. The average Bonchev–Trinajstić information content (AvgIpc) is 3.01. The van der Waals surface area contributed by atoms with E-state index < -0.39 is 0 Å². The largest absolute Gasteiger partial charge is 0.370 e. The Morgan fingerprint density at radius 2 is 2.35 bits per heavy atom. The lowest BCUT2D eigenvalue weighted by Gasteiger charge is -2.34. The Balaban J connectivity index is 1.87. The average molecular weight is 287 g/mol. The van der Waals surface area contributed by atoms with Crippen molar-refractivity contribution in [3.63, 3.8) is 0 Å². The molecule has 1 N–H and O–H groups in total. The molecule has 1 unspecified atom stereocenters. The highest BCUT2D eigenvalue weighted by molar-refractivity contribution is 6.30. The first kappa shape index (κ1) is 13.0. The minimum Gasteiger partial charge on any atom is -0.370 e. The van der Waals surface area contributed by atoms with Gasteiger partial charge in [0.2, 0.25) is 0 Å². The molecule has 20 heavy (non-hydrogen) atoms. The lowest BCUT2D eigenvalue weighted by Crippen LogP contribution is -2.35. The third-order valence-electron chi connectivity index (χ3n) is 3.75. The molecule has 1 aliphatic rings. The molecular formula is C15H15ClN4. The predicted octanol–water partition coefficient (Wildman–Crippen LogP) is 3.32. The highest BCUT2D eigenvalue weighted by Gasteiger charge is 2.24. The number of aromatic nitrogens is 2. The van der Waals surface area contributed by atoms with Crippen LogP contribution in [-0.4, -0.2) is 23.1 Å². The highest BCUT2D eigenvalue weighted by atomic mass is 35.5. The smallest absolute Gasteiger partial charge is 0.110 e. The van der Waals surface area contributed by atoms with E-state index >= 15 is 0 Å². The summed E-state index contributed by atoms with van der Waals surface area (Å²) in [6.45, 7) is 1.81. The Labute approximate surface area is 123 Å². The molecular weight excluding hydrogens is 272 g/mol. The molecule has 1 atom stereocenters. The van der Waals surface area contributed by atoms with E-state index in [9.17, 15) is 5.26 Å². The molecule has 0 bridgehead atoms. The summed E-state index contributed by atoms with van der Waals surface area (Å²) in [6.07, 6.45) is 5.85. The molecule has 0 amide bonds. The number of nitrogens with one attached hydrogen (secondary N) is 1. The molecule has 2 aromatic rings. The number of anilines is 1. The van der Waals surface area contributed by atoms with E-state index in [4.69, 9.17) is 11.6 Å². The lowest BCUT2D eigenvalue weighted by atomic mass is 9.96. The van der Waals surface area contributed by atoms with Crippen LogP contribution < -0.4 is 4.90 Å². The summed E-state index contributed by atoms with van der Waals surface area (Å²) in [6, 6.07) is 7.67. The number of nitriles is 1. The van der Waals surface area contributed by atoms with Crippen LogP contribution in [0, 0.1) is 11.3 Å². The van der Waals surface area contributed by atoms with E-state index in [2.05, 4.69) is 20.9 Å². The fourth-order valence-corrected chi connectivity index (χ4v) is 2.95. The second-order valence-corrected chi connectivity index (χ2v) is 5.47. The van der Waals surface area contributed by atoms with Crippen molar-refractivity contribution in [2.24, 2.45) is 0 Å². The monoisotopic (exact) mass is 286 g/mol. The van der Waals surface area contributed by atoms with Crippen LogP contribution in [-0.2, 0) is 0 Å². The molecule has 0 spiro atoms. The Hall–Kier alpha value is -1.99. The fourth-order valence-electron chi connectivity index (χ4n) is 2.78. The zero-order valence-corrected chi connectivity index (χ0v) is 11.8. The van der Waals surface area contributed by atoms with Crippen LogP contribution in [0.5, 0.6) is 0 Å². The van der Waals surface area contributed by atoms with Crippen molar-refractivity contribution in [2.75, 3.05) is 18.0 Å². The topological polar surface area (TPSA) is 55.7 Å². The SMILES string of the molecule is N#Cc1ccc(Cl)cc1N1CCCC(c2ncc[nH]2)C1. The maximum absolute atomic E-state index is 9.25. The van der Waals surface area contributed by atoms with Crippen LogP contribution in [0.3, 0.4) is 0 Å². The van der Waals surface area contributed by atoms with Crippen molar-refractivity contribution in [2.45, 2.75) is 18.8 Å². The molecule has 0 saturated carbocycles. The molecule has 3 rings (SSSR count). The molecule has 0 radical (unpaired) electrons. The van der Waals surface area contributed by atoms with Gasteiger partial charge in [-0.25, -0.2) is 4.98 Å². The van der Waals surface area contributed by atoms with Gasteiger partial charge in [0.15, 0.2) is 0 Å².